The van der Waals surface area contributed by atoms with Gasteiger partial charge in [0.25, 0.3) is 0 Å². The Hall–Kier alpha value is -1.35. The minimum Gasteiger partial charge on any atom is -0.316 e. The van der Waals surface area contributed by atoms with Crippen LogP contribution in [-0.4, -0.2) is 25.5 Å². The summed E-state index contributed by atoms with van der Waals surface area (Å²) in [6.45, 7) is 8.88. The van der Waals surface area contributed by atoms with Gasteiger partial charge in [-0.05, 0) is 50.4 Å². The standard InChI is InChI=1S/C16H24N2O/c1-4-18(15-7-5-6-12(2)9-15)16(19)14-8-13(3)10-17-11-14/h5-7,9,13-14,17H,4,8,10-11H2,1-3H3. The summed E-state index contributed by atoms with van der Waals surface area (Å²) in [4.78, 5) is 14.6. The molecular weight excluding hydrogens is 236 g/mol. The van der Waals surface area contributed by atoms with Crippen LogP contribution >= 0.6 is 0 Å². The summed E-state index contributed by atoms with van der Waals surface area (Å²) in [7, 11) is 0. The number of amides is 1. The molecule has 0 aromatic heterocycles. The van der Waals surface area contributed by atoms with Crippen LogP contribution in [0.3, 0.4) is 0 Å². The fourth-order valence-electron chi connectivity index (χ4n) is 2.83. The second-order valence-electron chi connectivity index (χ2n) is 5.62. The van der Waals surface area contributed by atoms with Crippen LogP contribution in [0.25, 0.3) is 0 Å². The first-order valence-corrected chi connectivity index (χ1v) is 7.20. The van der Waals surface area contributed by atoms with Crippen LogP contribution in [0.1, 0.15) is 25.8 Å². The molecule has 0 aliphatic carbocycles. The molecule has 1 aliphatic rings. The lowest BCUT2D eigenvalue weighted by molar-refractivity contribution is -0.123. The summed E-state index contributed by atoms with van der Waals surface area (Å²) in [6.07, 6.45) is 0.994. The predicted molar refractivity (Wildman–Crippen MR) is 79.3 cm³/mol. The van der Waals surface area contributed by atoms with Crippen LogP contribution < -0.4 is 10.2 Å². The number of benzene rings is 1. The van der Waals surface area contributed by atoms with Crippen LogP contribution in [0.4, 0.5) is 5.69 Å². The second-order valence-corrected chi connectivity index (χ2v) is 5.62. The molecule has 1 aliphatic heterocycles. The number of anilines is 1. The lowest BCUT2D eigenvalue weighted by atomic mass is 9.90. The van der Waals surface area contributed by atoms with Crippen LogP contribution in [0, 0.1) is 18.8 Å². The zero-order valence-corrected chi connectivity index (χ0v) is 12.1. The molecule has 3 heteroatoms. The van der Waals surface area contributed by atoms with Crippen LogP contribution in [-0.2, 0) is 4.79 Å². The van der Waals surface area contributed by atoms with Gasteiger partial charge < -0.3 is 10.2 Å². The van der Waals surface area contributed by atoms with Crippen molar-refractivity contribution in [3.8, 4) is 0 Å². The van der Waals surface area contributed by atoms with E-state index in [4.69, 9.17) is 0 Å². The van der Waals surface area contributed by atoms with E-state index in [1.807, 2.05) is 24.0 Å². The Kier molecular flexibility index (Phi) is 4.59. The molecule has 2 unspecified atom stereocenters. The Bertz CT molecular complexity index is 444. The summed E-state index contributed by atoms with van der Waals surface area (Å²) in [5.41, 5.74) is 2.21. The summed E-state index contributed by atoms with van der Waals surface area (Å²) in [5, 5.41) is 3.36. The SMILES string of the molecule is CCN(C(=O)C1CNCC(C)C1)c1cccc(C)c1. The zero-order chi connectivity index (χ0) is 13.8. The largest absolute Gasteiger partial charge is 0.316 e. The van der Waals surface area contributed by atoms with Gasteiger partial charge in [0.05, 0.1) is 5.92 Å². The Labute approximate surface area is 116 Å². The molecule has 1 saturated heterocycles. The van der Waals surface area contributed by atoms with E-state index in [9.17, 15) is 4.79 Å². The molecule has 0 saturated carbocycles. The lowest BCUT2D eigenvalue weighted by Gasteiger charge is -2.31. The highest BCUT2D eigenvalue weighted by atomic mass is 16.2. The van der Waals surface area contributed by atoms with Gasteiger partial charge >= 0.3 is 0 Å². The topological polar surface area (TPSA) is 32.3 Å². The van der Waals surface area contributed by atoms with Gasteiger partial charge in [-0.25, -0.2) is 0 Å². The van der Waals surface area contributed by atoms with Crippen molar-refractivity contribution in [1.29, 1.82) is 0 Å². The van der Waals surface area contributed by atoms with E-state index in [0.717, 1.165) is 31.7 Å². The number of nitrogens with one attached hydrogen (secondary N) is 1. The third-order valence-electron chi connectivity index (χ3n) is 3.82. The van der Waals surface area contributed by atoms with Crippen molar-refractivity contribution < 1.29 is 4.79 Å². The van der Waals surface area contributed by atoms with E-state index in [1.165, 1.54) is 5.56 Å². The van der Waals surface area contributed by atoms with Crippen molar-refractivity contribution in [2.24, 2.45) is 11.8 Å². The fraction of sp³-hybridized carbons (Fsp3) is 0.562. The molecular formula is C16H24N2O. The zero-order valence-electron chi connectivity index (χ0n) is 12.1. The molecule has 0 bridgehead atoms. The maximum Gasteiger partial charge on any atom is 0.231 e. The van der Waals surface area contributed by atoms with Gasteiger partial charge in [0, 0.05) is 18.8 Å². The molecule has 1 amide bonds. The van der Waals surface area contributed by atoms with Crippen molar-refractivity contribution in [3.05, 3.63) is 29.8 Å². The molecule has 1 aromatic rings. The quantitative estimate of drug-likeness (QED) is 0.906. The molecule has 0 radical (unpaired) electrons. The number of nitrogens with zero attached hydrogens (tertiary/aromatic N) is 1. The molecule has 1 N–H and O–H groups in total. The van der Waals surface area contributed by atoms with Crippen molar-refractivity contribution in [1.82, 2.24) is 5.32 Å². The Morgan fingerprint density at radius 2 is 2.21 bits per heavy atom. The second kappa shape index (κ2) is 6.20. The average Bonchev–Trinajstić information content (AvgIpc) is 2.39. The van der Waals surface area contributed by atoms with Gasteiger partial charge in [-0.2, -0.15) is 0 Å². The maximum absolute atomic E-state index is 12.7. The minimum atomic E-state index is 0.115. The van der Waals surface area contributed by atoms with Crippen molar-refractivity contribution in [2.45, 2.75) is 27.2 Å². The molecule has 1 fully saturated rings. The highest BCUT2D eigenvalue weighted by molar-refractivity contribution is 5.95. The number of rotatable bonds is 3. The monoisotopic (exact) mass is 260 g/mol. The Morgan fingerprint density at radius 1 is 1.42 bits per heavy atom. The van der Waals surface area contributed by atoms with E-state index in [-0.39, 0.29) is 11.8 Å². The number of hydrogen-bond donors (Lipinski definition) is 1. The van der Waals surface area contributed by atoms with Crippen molar-refractivity contribution in [3.63, 3.8) is 0 Å². The van der Waals surface area contributed by atoms with E-state index in [1.54, 1.807) is 0 Å². The summed E-state index contributed by atoms with van der Waals surface area (Å²) < 4.78 is 0. The van der Waals surface area contributed by atoms with Gasteiger partial charge in [-0.3, -0.25) is 4.79 Å². The molecule has 2 rings (SSSR count). The average molecular weight is 260 g/mol. The fourth-order valence-corrected chi connectivity index (χ4v) is 2.83. The molecule has 1 heterocycles. The van der Waals surface area contributed by atoms with E-state index >= 15 is 0 Å². The molecule has 1 aromatic carbocycles. The van der Waals surface area contributed by atoms with Gasteiger partial charge in [0.1, 0.15) is 0 Å². The van der Waals surface area contributed by atoms with Crippen molar-refractivity contribution in [2.75, 3.05) is 24.5 Å². The van der Waals surface area contributed by atoms with Crippen molar-refractivity contribution >= 4 is 11.6 Å². The molecule has 0 spiro atoms. The summed E-state index contributed by atoms with van der Waals surface area (Å²) in [5.74, 6) is 0.954. The van der Waals surface area contributed by atoms with Crippen LogP contribution in [0.5, 0.6) is 0 Å². The van der Waals surface area contributed by atoms with Gasteiger partial charge in [0.15, 0.2) is 0 Å². The van der Waals surface area contributed by atoms with E-state index < -0.39 is 0 Å². The number of carbonyl (C=O) groups is 1. The highest BCUT2D eigenvalue weighted by Gasteiger charge is 2.28. The lowest BCUT2D eigenvalue weighted by Crippen LogP contribution is -2.45. The van der Waals surface area contributed by atoms with Gasteiger partial charge in [-0.1, -0.05) is 19.1 Å². The number of hydrogen-bond acceptors (Lipinski definition) is 2. The molecule has 104 valence electrons. The molecule has 3 nitrogen and oxygen atoms in total. The third-order valence-corrected chi connectivity index (χ3v) is 3.82. The minimum absolute atomic E-state index is 0.115. The normalized spacial score (nSPS) is 23.1. The van der Waals surface area contributed by atoms with E-state index in [0.29, 0.717) is 5.92 Å². The first-order chi connectivity index (χ1) is 9.11. The van der Waals surface area contributed by atoms with Crippen LogP contribution in [0.2, 0.25) is 0 Å². The highest BCUT2D eigenvalue weighted by Crippen LogP contribution is 2.23. The Balaban J connectivity index is 2.15. The Morgan fingerprint density at radius 3 is 2.84 bits per heavy atom. The molecule has 2 atom stereocenters. The number of piperidine rings is 1. The number of aryl methyl sites for hydroxylation is 1. The van der Waals surface area contributed by atoms with Gasteiger partial charge in [-0.15, -0.1) is 0 Å². The van der Waals surface area contributed by atoms with E-state index in [2.05, 4.69) is 31.3 Å². The summed E-state index contributed by atoms with van der Waals surface area (Å²) >= 11 is 0. The first kappa shape index (κ1) is 14.1. The number of carbonyl (C=O) groups excluding carboxylic acids is 1. The first-order valence-electron chi connectivity index (χ1n) is 7.20. The molecule has 19 heavy (non-hydrogen) atoms. The predicted octanol–water partition coefficient (Wildman–Crippen LogP) is 2.59. The maximum atomic E-state index is 12.7. The smallest absolute Gasteiger partial charge is 0.231 e. The third kappa shape index (κ3) is 3.35. The summed E-state index contributed by atoms with van der Waals surface area (Å²) in [6, 6.07) is 8.18. The van der Waals surface area contributed by atoms with Crippen LogP contribution in [0.15, 0.2) is 24.3 Å². The van der Waals surface area contributed by atoms with Gasteiger partial charge in [0.2, 0.25) is 5.91 Å².